The maximum absolute atomic E-state index is 11.6. The Labute approximate surface area is 231 Å². The molecular formula is C32H29N3O3S. The maximum Gasteiger partial charge on any atom is 0.335 e. The number of hydrogen-bond acceptors (Lipinski definition) is 5. The van der Waals surface area contributed by atoms with Crippen molar-refractivity contribution in [3.8, 4) is 22.6 Å². The number of nitrogens with zero attached hydrogens (tertiary/aromatic N) is 3. The van der Waals surface area contributed by atoms with Crippen LogP contribution >= 0.6 is 11.8 Å². The van der Waals surface area contributed by atoms with E-state index < -0.39 is 5.97 Å². The van der Waals surface area contributed by atoms with Gasteiger partial charge in [-0.3, -0.25) is 0 Å². The maximum atomic E-state index is 11.6. The van der Waals surface area contributed by atoms with Gasteiger partial charge in [-0.2, -0.15) is 0 Å². The number of fused-ring (bicyclic) bond motifs is 1. The standard InChI is InChI=1S/C32H29N3O3S/c1-32(16-6-3-7-17-32)26-18-23(21-10-12-22(13-11-21)31(37)38)19-29(30(26)36)35-33-27-15-14-25(20-28(27)34-35)39-24-8-4-2-5-9-24/h2,4-5,8-15,18-20,36H,3,6-7,16-17H2,1H3,(H,37,38). The summed E-state index contributed by atoms with van der Waals surface area (Å²) in [6.07, 6.45) is 5.43. The lowest BCUT2D eigenvalue weighted by atomic mass is 9.70. The number of rotatable bonds is 6. The Morgan fingerprint density at radius 2 is 1.54 bits per heavy atom. The molecule has 1 saturated carbocycles. The summed E-state index contributed by atoms with van der Waals surface area (Å²) in [6.45, 7) is 2.22. The Bertz CT molecular complexity index is 1660. The van der Waals surface area contributed by atoms with Gasteiger partial charge in [-0.05, 0) is 84.0 Å². The number of hydrogen-bond donors (Lipinski definition) is 2. The summed E-state index contributed by atoms with van der Waals surface area (Å²) >= 11 is 1.67. The molecule has 1 heterocycles. The number of carboxylic acids is 1. The van der Waals surface area contributed by atoms with E-state index in [0.717, 1.165) is 63.2 Å². The summed E-state index contributed by atoms with van der Waals surface area (Å²) in [5.41, 5.74) is 4.74. The van der Waals surface area contributed by atoms with Crippen LogP contribution in [0.4, 0.5) is 0 Å². The van der Waals surface area contributed by atoms with Gasteiger partial charge in [0.25, 0.3) is 0 Å². The third-order valence-electron chi connectivity index (χ3n) is 7.71. The quantitative estimate of drug-likeness (QED) is 0.230. The highest BCUT2D eigenvalue weighted by Gasteiger charge is 2.33. The number of carbonyl (C=O) groups is 1. The Balaban J connectivity index is 1.45. The fourth-order valence-electron chi connectivity index (χ4n) is 5.50. The monoisotopic (exact) mass is 535 g/mol. The van der Waals surface area contributed by atoms with Gasteiger partial charge >= 0.3 is 5.97 Å². The lowest BCUT2D eigenvalue weighted by Crippen LogP contribution is -2.25. The van der Waals surface area contributed by atoms with E-state index in [2.05, 4.69) is 25.1 Å². The van der Waals surface area contributed by atoms with Crippen LogP contribution in [0.15, 0.2) is 94.7 Å². The fourth-order valence-corrected chi connectivity index (χ4v) is 6.37. The van der Waals surface area contributed by atoms with Crippen molar-refractivity contribution in [2.24, 2.45) is 0 Å². The van der Waals surface area contributed by atoms with Crippen molar-refractivity contribution in [2.45, 2.75) is 54.2 Å². The zero-order valence-electron chi connectivity index (χ0n) is 21.7. The molecule has 0 atom stereocenters. The van der Waals surface area contributed by atoms with Gasteiger partial charge in [0.15, 0.2) is 0 Å². The molecule has 1 aliphatic rings. The van der Waals surface area contributed by atoms with Crippen LogP contribution in [0.5, 0.6) is 5.75 Å². The van der Waals surface area contributed by atoms with E-state index in [1.54, 1.807) is 23.9 Å². The first-order valence-corrected chi connectivity index (χ1v) is 14.0. The summed E-state index contributed by atoms with van der Waals surface area (Å²) in [5.74, 6) is -0.759. The molecule has 7 heteroatoms. The molecule has 0 aliphatic heterocycles. The van der Waals surface area contributed by atoms with E-state index in [0.29, 0.717) is 5.69 Å². The van der Waals surface area contributed by atoms with E-state index >= 15 is 0 Å². The van der Waals surface area contributed by atoms with Crippen LogP contribution < -0.4 is 0 Å². The molecule has 1 fully saturated rings. The van der Waals surface area contributed by atoms with Crippen molar-refractivity contribution in [3.05, 3.63) is 96.1 Å². The molecule has 5 aromatic rings. The number of phenolic OH excluding ortho intramolecular Hbond substituents is 1. The molecule has 39 heavy (non-hydrogen) atoms. The second-order valence-corrected chi connectivity index (χ2v) is 11.6. The molecule has 0 radical (unpaired) electrons. The first-order valence-electron chi connectivity index (χ1n) is 13.2. The van der Waals surface area contributed by atoms with Gasteiger partial charge in [0, 0.05) is 15.4 Å². The summed E-state index contributed by atoms with van der Waals surface area (Å²) in [4.78, 5) is 15.1. The van der Waals surface area contributed by atoms with E-state index in [1.807, 2.05) is 54.6 Å². The molecule has 196 valence electrons. The van der Waals surface area contributed by atoms with Crippen molar-refractivity contribution < 1.29 is 15.0 Å². The van der Waals surface area contributed by atoms with Gasteiger partial charge in [-0.1, -0.05) is 68.3 Å². The van der Waals surface area contributed by atoms with Crippen molar-refractivity contribution in [1.29, 1.82) is 0 Å². The Kier molecular flexibility index (Phi) is 6.61. The van der Waals surface area contributed by atoms with Gasteiger partial charge in [0.2, 0.25) is 0 Å². The van der Waals surface area contributed by atoms with Gasteiger partial charge in [-0.15, -0.1) is 15.0 Å². The Morgan fingerprint density at radius 3 is 2.26 bits per heavy atom. The van der Waals surface area contributed by atoms with E-state index in [1.165, 1.54) is 11.2 Å². The lowest BCUT2D eigenvalue weighted by Gasteiger charge is -2.35. The Hall–Kier alpha value is -4.10. The minimum Gasteiger partial charge on any atom is -0.505 e. The molecule has 0 amide bonds. The Morgan fingerprint density at radius 1 is 0.821 bits per heavy atom. The molecular weight excluding hydrogens is 506 g/mol. The number of aromatic carboxylic acids is 1. The van der Waals surface area contributed by atoms with Crippen molar-refractivity contribution in [3.63, 3.8) is 0 Å². The van der Waals surface area contributed by atoms with Crippen LogP contribution in [-0.4, -0.2) is 31.2 Å². The minimum absolute atomic E-state index is 0.167. The zero-order chi connectivity index (χ0) is 27.0. The number of aromatic hydroxyl groups is 1. The highest BCUT2D eigenvalue weighted by Crippen LogP contribution is 2.46. The van der Waals surface area contributed by atoms with Gasteiger partial charge in [0.1, 0.15) is 22.5 Å². The van der Waals surface area contributed by atoms with E-state index in [9.17, 15) is 15.0 Å². The van der Waals surface area contributed by atoms with E-state index in [-0.39, 0.29) is 16.7 Å². The minimum atomic E-state index is -0.958. The molecule has 2 N–H and O–H groups in total. The predicted molar refractivity (Wildman–Crippen MR) is 154 cm³/mol. The normalized spacial score (nSPS) is 14.9. The number of aromatic nitrogens is 3. The van der Waals surface area contributed by atoms with Crippen LogP contribution in [0, 0.1) is 0 Å². The number of benzene rings is 4. The van der Waals surface area contributed by atoms with Gasteiger partial charge in [-0.25, -0.2) is 4.79 Å². The molecule has 0 spiro atoms. The number of carboxylic acid groups (broad SMARTS) is 1. The topological polar surface area (TPSA) is 88.2 Å². The first kappa shape index (κ1) is 25.2. The lowest BCUT2D eigenvalue weighted by molar-refractivity contribution is 0.0697. The second kappa shape index (κ2) is 10.2. The van der Waals surface area contributed by atoms with Crippen LogP contribution in [-0.2, 0) is 5.41 Å². The average molecular weight is 536 g/mol. The molecule has 4 aromatic carbocycles. The van der Waals surface area contributed by atoms with Gasteiger partial charge in [0.05, 0.1) is 5.56 Å². The second-order valence-electron chi connectivity index (χ2n) is 10.5. The van der Waals surface area contributed by atoms with Crippen molar-refractivity contribution >= 4 is 28.8 Å². The third-order valence-corrected chi connectivity index (χ3v) is 8.71. The summed E-state index contributed by atoms with van der Waals surface area (Å²) in [7, 11) is 0. The highest BCUT2D eigenvalue weighted by atomic mass is 32.2. The van der Waals surface area contributed by atoms with Crippen molar-refractivity contribution in [1.82, 2.24) is 15.0 Å². The van der Waals surface area contributed by atoms with Crippen LogP contribution in [0.1, 0.15) is 54.9 Å². The van der Waals surface area contributed by atoms with Crippen LogP contribution in [0.3, 0.4) is 0 Å². The van der Waals surface area contributed by atoms with Crippen molar-refractivity contribution in [2.75, 3.05) is 0 Å². The molecule has 1 aliphatic carbocycles. The smallest absolute Gasteiger partial charge is 0.335 e. The van der Waals surface area contributed by atoms with E-state index in [4.69, 9.17) is 10.2 Å². The molecule has 6 nitrogen and oxygen atoms in total. The molecule has 1 aromatic heterocycles. The summed E-state index contributed by atoms with van der Waals surface area (Å²) in [5, 5.41) is 30.5. The van der Waals surface area contributed by atoms with Crippen LogP contribution in [0.2, 0.25) is 0 Å². The van der Waals surface area contributed by atoms with Gasteiger partial charge < -0.3 is 10.2 Å². The SMILES string of the molecule is CC1(c2cc(-c3ccc(C(=O)O)cc3)cc(-n3nc4ccc(Sc5ccccc5)cc4n3)c2O)CCCCC1. The average Bonchev–Trinajstić information content (AvgIpc) is 3.37. The third kappa shape index (κ3) is 5.02. The largest absolute Gasteiger partial charge is 0.505 e. The highest BCUT2D eigenvalue weighted by molar-refractivity contribution is 7.99. The number of phenols is 1. The molecule has 0 bridgehead atoms. The molecule has 0 unspecified atom stereocenters. The first-order chi connectivity index (χ1) is 18.9. The summed E-state index contributed by atoms with van der Waals surface area (Å²) in [6, 6.07) is 27.0. The summed E-state index contributed by atoms with van der Waals surface area (Å²) < 4.78 is 0. The predicted octanol–water partition coefficient (Wildman–Crippen LogP) is 7.86. The molecule has 0 saturated heterocycles. The fraction of sp³-hybridized carbons (Fsp3) is 0.219. The zero-order valence-corrected chi connectivity index (χ0v) is 22.5. The van der Waals surface area contributed by atoms with Crippen LogP contribution in [0.25, 0.3) is 27.8 Å². The molecule has 6 rings (SSSR count).